The quantitative estimate of drug-likeness (QED) is 0.757. The SMILES string of the molecule is CC(C)C(CO)NCC(=O)Nc1c(Cl)cccc1Cl. The molecular formula is C13H18Cl2N2O2. The van der Waals surface area contributed by atoms with Gasteiger partial charge in [-0.3, -0.25) is 4.79 Å². The number of carbonyl (C=O) groups excluding carboxylic acids is 1. The largest absolute Gasteiger partial charge is 0.395 e. The minimum Gasteiger partial charge on any atom is -0.395 e. The maximum absolute atomic E-state index is 11.8. The fourth-order valence-electron chi connectivity index (χ4n) is 1.54. The van der Waals surface area contributed by atoms with Crippen LogP contribution in [0.1, 0.15) is 13.8 Å². The Morgan fingerprint density at radius 1 is 1.32 bits per heavy atom. The summed E-state index contributed by atoms with van der Waals surface area (Å²) in [6.45, 7) is 4.01. The molecule has 0 saturated carbocycles. The average molecular weight is 305 g/mol. The molecule has 0 heterocycles. The Kier molecular flexibility index (Phi) is 6.58. The first-order valence-electron chi connectivity index (χ1n) is 6.03. The van der Waals surface area contributed by atoms with Gasteiger partial charge in [-0.2, -0.15) is 0 Å². The Morgan fingerprint density at radius 2 is 1.89 bits per heavy atom. The van der Waals surface area contributed by atoms with E-state index in [0.717, 1.165) is 0 Å². The number of nitrogens with one attached hydrogen (secondary N) is 2. The number of hydrogen-bond acceptors (Lipinski definition) is 3. The van der Waals surface area contributed by atoms with E-state index in [0.29, 0.717) is 15.7 Å². The van der Waals surface area contributed by atoms with E-state index in [1.54, 1.807) is 18.2 Å². The van der Waals surface area contributed by atoms with Gasteiger partial charge >= 0.3 is 0 Å². The summed E-state index contributed by atoms with van der Waals surface area (Å²) in [6, 6.07) is 4.90. The Labute approximate surface area is 123 Å². The van der Waals surface area contributed by atoms with Gasteiger partial charge in [0.15, 0.2) is 0 Å². The molecule has 3 N–H and O–H groups in total. The van der Waals surface area contributed by atoms with Crippen LogP contribution in [0.2, 0.25) is 10.0 Å². The summed E-state index contributed by atoms with van der Waals surface area (Å²) in [6.07, 6.45) is 0. The molecule has 0 aliphatic carbocycles. The van der Waals surface area contributed by atoms with Crippen LogP contribution in [0.4, 0.5) is 5.69 Å². The first-order chi connectivity index (χ1) is 8.95. The highest BCUT2D eigenvalue weighted by Gasteiger charge is 2.14. The lowest BCUT2D eigenvalue weighted by Gasteiger charge is -2.19. The molecule has 0 saturated heterocycles. The van der Waals surface area contributed by atoms with Crippen LogP contribution in [0.3, 0.4) is 0 Å². The predicted molar refractivity (Wildman–Crippen MR) is 78.8 cm³/mol. The summed E-state index contributed by atoms with van der Waals surface area (Å²) in [5, 5.41) is 15.6. The molecule has 0 aromatic heterocycles. The molecule has 4 nitrogen and oxygen atoms in total. The topological polar surface area (TPSA) is 61.4 Å². The molecule has 6 heteroatoms. The highest BCUT2D eigenvalue weighted by molar-refractivity contribution is 6.39. The van der Waals surface area contributed by atoms with Crippen molar-refractivity contribution in [2.75, 3.05) is 18.5 Å². The van der Waals surface area contributed by atoms with Crippen LogP contribution < -0.4 is 10.6 Å². The van der Waals surface area contributed by atoms with Gasteiger partial charge in [0.1, 0.15) is 0 Å². The zero-order valence-electron chi connectivity index (χ0n) is 10.9. The third kappa shape index (κ3) is 4.99. The maximum Gasteiger partial charge on any atom is 0.238 e. The van der Waals surface area contributed by atoms with Gasteiger partial charge in [-0.25, -0.2) is 0 Å². The molecule has 0 spiro atoms. The lowest BCUT2D eigenvalue weighted by atomic mass is 10.1. The molecule has 0 bridgehead atoms. The van der Waals surface area contributed by atoms with Crippen LogP contribution in [-0.4, -0.2) is 30.2 Å². The number of hydrogen-bond donors (Lipinski definition) is 3. The van der Waals surface area contributed by atoms with Gasteiger partial charge in [0.05, 0.1) is 28.9 Å². The van der Waals surface area contributed by atoms with Crippen LogP contribution in [0.25, 0.3) is 0 Å². The van der Waals surface area contributed by atoms with Crippen molar-refractivity contribution in [1.29, 1.82) is 0 Å². The monoisotopic (exact) mass is 304 g/mol. The van der Waals surface area contributed by atoms with Crippen LogP contribution >= 0.6 is 23.2 Å². The Balaban J connectivity index is 2.56. The summed E-state index contributed by atoms with van der Waals surface area (Å²) >= 11 is 11.9. The number of halogens is 2. The van der Waals surface area contributed by atoms with Gasteiger partial charge in [0.25, 0.3) is 0 Å². The Bertz CT molecular complexity index is 418. The van der Waals surface area contributed by atoms with E-state index in [1.165, 1.54) is 0 Å². The predicted octanol–water partition coefficient (Wildman–Crippen LogP) is 2.54. The van der Waals surface area contributed by atoms with Crippen molar-refractivity contribution < 1.29 is 9.90 Å². The van der Waals surface area contributed by atoms with Crippen LogP contribution in [0.15, 0.2) is 18.2 Å². The van der Waals surface area contributed by atoms with E-state index >= 15 is 0 Å². The highest BCUT2D eigenvalue weighted by Crippen LogP contribution is 2.29. The van der Waals surface area contributed by atoms with Crippen molar-refractivity contribution >= 4 is 34.8 Å². The van der Waals surface area contributed by atoms with Gasteiger partial charge in [0, 0.05) is 6.04 Å². The normalized spacial score (nSPS) is 12.5. The molecule has 0 aliphatic rings. The summed E-state index contributed by atoms with van der Waals surface area (Å²) < 4.78 is 0. The van der Waals surface area contributed by atoms with E-state index in [9.17, 15) is 4.79 Å². The molecule has 1 aromatic carbocycles. The number of para-hydroxylation sites is 1. The molecule has 1 amide bonds. The van der Waals surface area contributed by atoms with Crippen LogP contribution in [0.5, 0.6) is 0 Å². The lowest BCUT2D eigenvalue weighted by Crippen LogP contribution is -2.41. The van der Waals surface area contributed by atoms with Crippen LogP contribution in [-0.2, 0) is 4.79 Å². The second-order valence-electron chi connectivity index (χ2n) is 4.56. The number of aliphatic hydroxyl groups excluding tert-OH is 1. The fourth-order valence-corrected chi connectivity index (χ4v) is 2.03. The third-order valence-corrected chi connectivity index (χ3v) is 3.38. The van der Waals surface area contributed by atoms with Gasteiger partial charge in [0.2, 0.25) is 5.91 Å². The molecular weight excluding hydrogens is 287 g/mol. The summed E-state index contributed by atoms with van der Waals surface area (Å²) in [7, 11) is 0. The second-order valence-corrected chi connectivity index (χ2v) is 5.37. The first kappa shape index (κ1) is 16.2. The molecule has 0 fully saturated rings. The number of rotatable bonds is 6. The summed E-state index contributed by atoms with van der Waals surface area (Å²) in [4.78, 5) is 11.8. The molecule has 1 unspecified atom stereocenters. The second kappa shape index (κ2) is 7.70. The Hall–Kier alpha value is -0.810. The maximum atomic E-state index is 11.8. The van der Waals surface area contributed by atoms with Crippen molar-refractivity contribution in [2.24, 2.45) is 5.92 Å². The van der Waals surface area contributed by atoms with Gasteiger partial charge in [-0.05, 0) is 18.1 Å². The minimum absolute atomic E-state index is 0.0161. The van der Waals surface area contributed by atoms with Gasteiger partial charge in [-0.15, -0.1) is 0 Å². The summed E-state index contributed by atoms with van der Waals surface area (Å²) in [5.41, 5.74) is 0.405. The van der Waals surface area contributed by atoms with E-state index < -0.39 is 0 Å². The molecule has 0 radical (unpaired) electrons. The molecule has 1 rings (SSSR count). The molecule has 1 atom stereocenters. The zero-order valence-corrected chi connectivity index (χ0v) is 12.4. The number of aliphatic hydroxyl groups is 1. The van der Waals surface area contributed by atoms with E-state index in [2.05, 4.69) is 10.6 Å². The average Bonchev–Trinajstić information content (AvgIpc) is 2.34. The standard InChI is InChI=1S/C13H18Cl2N2O2/c1-8(2)11(7-18)16-6-12(19)17-13-9(14)4-3-5-10(13)15/h3-5,8,11,16,18H,6-7H2,1-2H3,(H,17,19). The number of amides is 1. The van der Waals surface area contributed by atoms with Gasteiger partial charge < -0.3 is 15.7 Å². The summed E-state index contributed by atoms with van der Waals surface area (Å²) in [5.74, 6) is -0.0178. The van der Waals surface area contributed by atoms with Gasteiger partial charge in [-0.1, -0.05) is 43.1 Å². The van der Waals surface area contributed by atoms with Crippen molar-refractivity contribution in [3.8, 4) is 0 Å². The zero-order chi connectivity index (χ0) is 14.4. The number of anilines is 1. The Morgan fingerprint density at radius 3 is 2.37 bits per heavy atom. The fraction of sp³-hybridized carbons (Fsp3) is 0.462. The van der Waals surface area contributed by atoms with E-state index in [1.807, 2.05) is 13.8 Å². The van der Waals surface area contributed by atoms with Crippen molar-refractivity contribution in [3.05, 3.63) is 28.2 Å². The number of benzene rings is 1. The molecule has 106 valence electrons. The number of carbonyl (C=O) groups is 1. The van der Waals surface area contributed by atoms with E-state index in [-0.39, 0.29) is 31.0 Å². The molecule has 0 aliphatic heterocycles. The highest BCUT2D eigenvalue weighted by atomic mass is 35.5. The third-order valence-electron chi connectivity index (χ3n) is 2.75. The van der Waals surface area contributed by atoms with Crippen molar-refractivity contribution in [2.45, 2.75) is 19.9 Å². The molecule has 1 aromatic rings. The van der Waals surface area contributed by atoms with Crippen molar-refractivity contribution in [1.82, 2.24) is 5.32 Å². The smallest absolute Gasteiger partial charge is 0.238 e. The first-order valence-corrected chi connectivity index (χ1v) is 6.79. The van der Waals surface area contributed by atoms with E-state index in [4.69, 9.17) is 28.3 Å². The van der Waals surface area contributed by atoms with Crippen molar-refractivity contribution in [3.63, 3.8) is 0 Å². The lowest BCUT2D eigenvalue weighted by molar-refractivity contribution is -0.115. The minimum atomic E-state index is -0.255. The van der Waals surface area contributed by atoms with Crippen LogP contribution in [0, 0.1) is 5.92 Å². The molecule has 19 heavy (non-hydrogen) atoms.